The minimum atomic E-state index is 0.569. The lowest BCUT2D eigenvalue weighted by Gasteiger charge is -2.18. The van der Waals surface area contributed by atoms with Gasteiger partial charge in [0.25, 0.3) is 0 Å². The van der Waals surface area contributed by atoms with E-state index < -0.39 is 0 Å². The molecule has 3 nitrogen and oxygen atoms in total. The van der Waals surface area contributed by atoms with Gasteiger partial charge in [-0.25, -0.2) is 9.97 Å². The van der Waals surface area contributed by atoms with E-state index in [0.717, 1.165) is 43.9 Å². The van der Waals surface area contributed by atoms with Crippen LogP contribution >= 0.6 is 0 Å². The van der Waals surface area contributed by atoms with Gasteiger partial charge in [0.2, 0.25) is 5.71 Å². The molecule has 0 aliphatic rings. The van der Waals surface area contributed by atoms with Gasteiger partial charge >= 0.3 is 0 Å². The number of rotatable bonds is 3. The Balaban J connectivity index is 1.23. The van der Waals surface area contributed by atoms with Crippen LogP contribution in [-0.4, -0.2) is 9.97 Å². The summed E-state index contributed by atoms with van der Waals surface area (Å²) in [7, 11) is 0. The maximum atomic E-state index is 6.20. The van der Waals surface area contributed by atoms with Crippen molar-refractivity contribution in [1.29, 1.82) is 0 Å². The highest BCUT2D eigenvalue weighted by atomic mass is 16.3. The Morgan fingerprint density at radius 3 is 1.64 bits per heavy atom. The molecule has 47 heavy (non-hydrogen) atoms. The van der Waals surface area contributed by atoms with E-state index in [2.05, 4.69) is 127 Å². The third-order valence-electron chi connectivity index (χ3n) is 9.45. The second-order valence-electron chi connectivity index (χ2n) is 12.1. The van der Waals surface area contributed by atoms with Crippen LogP contribution in [-0.2, 0) is 0 Å². The van der Waals surface area contributed by atoms with Crippen LogP contribution in [0.4, 0.5) is 0 Å². The molecule has 0 unspecified atom stereocenters. The van der Waals surface area contributed by atoms with E-state index in [0.29, 0.717) is 5.71 Å². The summed E-state index contributed by atoms with van der Waals surface area (Å²) in [6, 6.07) is 56.1. The van der Waals surface area contributed by atoms with Crippen LogP contribution in [0.1, 0.15) is 0 Å². The maximum absolute atomic E-state index is 6.20. The number of nitrogens with zero attached hydrogens (tertiary/aromatic N) is 2. The average Bonchev–Trinajstić information content (AvgIpc) is 3.50. The molecule has 0 fully saturated rings. The van der Waals surface area contributed by atoms with Crippen LogP contribution in [0.2, 0.25) is 0 Å². The van der Waals surface area contributed by atoms with E-state index in [4.69, 9.17) is 14.4 Å². The van der Waals surface area contributed by atoms with E-state index in [-0.39, 0.29) is 0 Å². The van der Waals surface area contributed by atoms with Gasteiger partial charge in [0.05, 0.1) is 16.4 Å². The summed E-state index contributed by atoms with van der Waals surface area (Å²) in [5.74, 6) is 0. The first-order valence-electron chi connectivity index (χ1n) is 15.9. The van der Waals surface area contributed by atoms with Crippen molar-refractivity contribution in [3.63, 3.8) is 0 Å². The summed E-state index contributed by atoms with van der Waals surface area (Å²) in [5.41, 5.74) is 11.2. The fourth-order valence-electron chi connectivity index (χ4n) is 7.33. The zero-order valence-electron chi connectivity index (χ0n) is 25.3. The molecule has 0 aliphatic carbocycles. The Morgan fingerprint density at radius 1 is 0.383 bits per heavy atom. The van der Waals surface area contributed by atoms with Crippen LogP contribution < -0.4 is 0 Å². The largest absolute Gasteiger partial charge is 0.436 e. The van der Waals surface area contributed by atoms with Crippen molar-refractivity contribution in [2.24, 2.45) is 0 Å². The second-order valence-corrected chi connectivity index (χ2v) is 12.1. The molecule has 0 atom stereocenters. The van der Waals surface area contributed by atoms with Crippen molar-refractivity contribution in [2.75, 3.05) is 0 Å². The first kappa shape index (κ1) is 26.0. The van der Waals surface area contributed by atoms with Crippen molar-refractivity contribution < 1.29 is 4.42 Å². The number of fused-ring (bicyclic) bond motifs is 8. The molecule has 0 saturated heterocycles. The fourth-order valence-corrected chi connectivity index (χ4v) is 7.33. The van der Waals surface area contributed by atoms with E-state index in [1.54, 1.807) is 0 Å². The van der Waals surface area contributed by atoms with E-state index in [9.17, 15) is 0 Å². The molecule has 0 N–H and O–H groups in total. The van der Waals surface area contributed by atoms with Gasteiger partial charge in [-0.15, -0.1) is 0 Å². The molecule has 0 aliphatic heterocycles. The predicted molar refractivity (Wildman–Crippen MR) is 196 cm³/mol. The molecule has 0 spiro atoms. The maximum Gasteiger partial charge on any atom is 0.246 e. The minimum absolute atomic E-state index is 0.569. The lowest BCUT2D eigenvalue weighted by Crippen LogP contribution is -1.91. The number of para-hydroxylation sites is 2. The monoisotopic (exact) mass is 598 g/mol. The summed E-state index contributed by atoms with van der Waals surface area (Å²) in [4.78, 5) is 9.74. The smallest absolute Gasteiger partial charge is 0.246 e. The van der Waals surface area contributed by atoms with Gasteiger partial charge in [0.1, 0.15) is 11.1 Å². The molecule has 8 aromatic carbocycles. The highest BCUT2D eigenvalue weighted by Crippen LogP contribution is 2.45. The molecule has 0 saturated carbocycles. The molecule has 0 radical (unpaired) electrons. The summed E-state index contributed by atoms with van der Waals surface area (Å²) in [6.07, 6.45) is 0. The first-order chi connectivity index (χ1) is 23.3. The summed E-state index contributed by atoms with van der Waals surface area (Å²) in [6.45, 7) is 0. The number of aromatic nitrogens is 2. The van der Waals surface area contributed by atoms with E-state index in [1.165, 1.54) is 49.4 Å². The van der Waals surface area contributed by atoms with Crippen LogP contribution in [0.25, 0.3) is 98.9 Å². The Kier molecular flexibility index (Phi) is 5.57. The van der Waals surface area contributed by atoms with Crippen LogP contribution in [0.5, 0.6) is 0 Å². The lowest BCUT2D eigenvalue weighted by atomic mass is 9.85. The molecule has 2 heterocycles. The number of benzene rings is 8. The zero-order chi connectivity index (χ0) is 30.9. The molecule has 10 aromatic rings. The predicted octanol–water partition coefficient (Wildman–Crippen LogP) is 12.0. The van der Waals surface area contributed by atoms with Gasteiger partial charge in [-0.1, -0.05) is 127 Å². The topological polar surface area (TPSA) is 38.9 Å². The molecule has 3 heteroatoms. The average molecular weight is 599 g/mol. The third kappa shape index (κ3) is 4.00. The quantitative estimate of drug-likeness (QED) is 0.190. The number of hydrogen-bond acceptors (Lipinski definition) is 3. The van der Waals surface area contributed by atoms with Gasteiger partial charge in [0, 0.05) is 0 Å². The lowest BCUT2D eigenvalue weighted by molar-refractivity contribution is 0.655. The summed E-state index contributed by atoms with van der Waals surface area (Å²) in [5, 5.41) is 8.25. The fraction of sp³-hybridized carbons (Fsp3) is 0. The van der Waals surface area contributed by atoms with Crippen LogP contribution in [0.3, 0.4) is 0 Å². The molecular weight excluding hydrogens is 572 g/mol. The molecule has 0 amide bonds. The van der Waals surface area contributed by atoms with Gasteiger partial charge in [0.15, 0.2) is 0 Å². The Bertz CT molecular complexity index is 2840. The molecule has 10 rings (SSSR count). The van der Waals surface area contributed by atoms with Crippen molar-refractivity contribution >= 4 is 65.6 Å². The normalized spacial score (nSPS) is 11.8. The van der Waals surface area contributed by atoms with Gasteiger partial charge in [-0.2, -0.15) is 0 Å². The van der Waals surface area contributed by atoms with Gasteiger partial charge < -0.3 is 4.42 Å². The molecule has 218 valence electrons. The highest BCUT2D eigenvalue weighted by molar-refractivity contribution is 6.22. The van der Waals surface area contributed by atoms with E-state index >= 15 is 0 Å². The molecule has 0 bridgehead atoms. The first-order valence-corrected chi connectivity index (χ1v) is 15.9. The zero-order valence-corrected chi connectivity index (χ0v) is 25.3. The van der Waals surface area contributed by atoms with Gasteiger partial charge in [-0.05, 0) is 96.0 Å². The number of hydrogen-bond donors (Lipinski definition) is 0. The molecule has 2 aromatic heterocycles. The Labute approximate surface area is 270 Å². The SMILES string of the molecule is c1ccc(-c2c3ccccc3c(-c3ccccc3)c3cc(-c4ccc5c(ccc6oc7nc8ccccc8nc7c65)c4)ccc23)cc1. The van der Waals surface area contributed by atoms with Gasteiger partial charge in [-0.3, -0.25) is 0 Å². The summed E-state index contributed by atoms with van der Waals surface area (Å²) >= 11 is 0. The van der Waals surface area contributed by atoms with Crippen molar-refractivity contribution in [2.45, 2.75) is 0 Å². The van der Waals surface area contributed by atoms with Crippen LogP contribution in [0.15, 0.2) is 162 Å². The second kappa shape index (κ2) is 10.1. The summed E-state index contributed by atoms with van der Waals surface area (Å²) < 4.78 is 6.20. The van der Waals surface area contributed by atoms with E-state index in [1.807, 2.05) is 30.3 Å². The molecular formula is C44H26N2O. The Hall–Kier alpha value is -6.32. The highest BCUT2D eigenvalue weighted by Gasteiger charge is 2.18. The Morgan fingerprint density at radius 2 is 0.936 bits per heavy atom. The van der Waals surface area contributed by atoms with Crippen molar-refractivity contribution in [3.8, 4) is 33.4 Å². The third-order valence-corrected chi connectivity index (χ3v) is 9.45. The standard InChI is InChI=1S/C44H26N2O/c1-3-11-27(12-4-1)40-33-15-7-8-16-34(33)41(28-13-5-2-6-14-28)36-26-30(20-23-35(36)40)29-19-22-32-31(25-29)21-24-39-42(32)43-44(47-39)46-38-18-10-9-17-37(38)45-43/h1-26H. The van der Waals surface area contributed by atoms with Crippen molar-refractivity contribution in [1.82, 2.24) is 9.97 Å². The minimum Gasteiger partial charge on any atom is -0.436 e. The number of furan rings is 1. The van der Waals surface area contributed by atoms with Crippen molar-refractivity contribution in [3.05, 3.63) is 158 Å². The van der Waals surface area contributed by atoms with Crippen LogP contribution in [0, 0.1) is 0 Å².